The molecule has 2 rings (SSSR count). The summed E-state index contributed by atoms with van der Waals surface area (Å²) in [4.78, 5) is 9.96. The predicted octanol–water partition coefficient (Wildman–Crippen LogP) is 4.28. The van der Waals surface area contributed by atoms with E-state index in [1.807, 2.05) is 6.07 Å². The molecule has 0 aromatic heterocycles. The standard InChI is InChI=1S/C14H7F3N2O3/c15-14(16,17)10-4-5-13(12(7-10)19(20)21)22-11-3-1-2-9(6-11)8-18/h1-7H. The van der Waals surface area contributed by atoms with Gasteiger partial charge in [-0.15, -0.1) is 0 Å². The first-order valence-electron chi connectivity index (χ1n) is 5.85. The Bertz CT molecular complexity index is 767. The van der Waals surface area contributed by atoms with Crippen LogP contribution in [0.3, 0.4) is 0 Å². The van der Waals surface area contributed by atoms with Crippen molar-refractivity contribution in [1.29, 1.82) is 5.26 Å². The van der Waals surface area contributed by atoms with Crippen molar-refractivity contribution in [2.45, 2.75) is 6.18 Å². The van der Waals surface area contributed by atoms with E-state index >= 15 is 0 Å². The molecule has 0 saturated carbocycles. The van der Waals surface area contributed by atoms with E-state index in [2.05, 4.69) is 0 Å². The number of nitrogens with zero attached hydrogens (tertiary/aromatic N) is 2. The predicted molar refractivity (Wildman–Crippen MR) is 69.3 cm³/mol. The Morgan fingerprint density at radius 2 is 1.91 bits per heavy atom. The summed E-state index contributed by atoms with van der Waals surface area (Å²) >= 11 is 0. The molecule has 0 amide bonds. The molecule has 0 fully saturated rings. The number of hydrogen-bond donors (Lipinski definition) is 0. The van der Waals surface area contributed by atoms with Crippen molar-refractivity contribution in [3.63, 3.8) is 0 Å². The number of hydrogen-bond acceptors (Lipinski definition) is 4. The first-order chi connectivity index (χ1) is 10.3. The second kappa shape index (κ2) is 5.73. The molecular weight excluding hydrogens is 301 g/mol. The zero-order valence-corrected chi connectivity index (χ0v) is 10.8. The summed E-state index contributed by atoms with van der Waals surface area (Å²) in [6.45, 7) is 0. The molecule has 0 atom stereocenters. The quantitative estimate of drug-likeness (QED) is 0.626. The van der Waals surface area contributed by atoms with Gasteiger partial charge in [0.2, 0.25) is 5.75 Å². The van der Waals surface area contributed by atoms with Crippen molar-refractivity contribution in [1.82, 2.24) is 0 Å². The molecule has 2 aromatic carbocycles. The van der Waals surface area contributed by atoms with Gasteiger partial charge in [0, 0.05) is 6.07 Å². The highest BCUT2D eigenvalue weighted by molar-refractivity contribution is 5.51. The Hall–Kier alpha value is -3.08. The number of ether oxygens (including phenoxy) is 1. The largest absolute Gasteiger partial charge is 0.450 e. The van der Waals surface area contributed by atoms with Gasteiger partial charge < -0.3 is 4.74 Å². The molecule has 0 heterocycles. The Morgan fingerprint density at radius 3 is 2.50 bits per heavy atom. The minimum atomic E-state index is -4.69. The maximum atomic E-state index is 12.6. The summed E-state index contributed by atoms with van der Waals surface area (Å²) in [5.41, 5.74) is -1.69. The number of nitriles is 1. The first kappa shape index (κ1) is 15.3. The summed E-state index contributed by atoms with van der Waals surface area (Å²) in [6.07, 6.45) is -4.69. The zero-order valence-electron chi connectivity index (χ0n) is 10.8. The van der Waals surface area contributed by atoms with Gasteiger partial charge in [0.15, 0.2) is 0 Å². The smallest absolute Gasteiger partial charge is 0.416 e. The maximum Gasteiger partial charge on any atom is 0.416 e. The van der Waals surface area contributed by atoms with Crippen LogP contribution < -0.4 is 4.74 Å². The molecule has 2 aromatic rings. The van der Waals surface area contributed by atoms with Gasteiger partial charge in [-0.1, -0.05) is 6.07 Å². The third-order valence-electron chi connectivity index (χ3n) is 2.67. The van der Waals surface area contributed by atoms with E-state index in [0.29, 0.717) is 12.1 Å². The van der Waals surface area contributed by atoms with Gasteiger partial charge in [0.05, 0.1) is 22.1 Å². The maximum absolute atomic E-state index is 12.6. The minimum absolute atomic E-state index is 0.113. The zero-order chi connectivity index (χ0) is 16.3. The van der Waals surface area contributed by atoms with E-state index in [0.717, 1.165) is 6.07 Å². The van der Waals surface area contributed by atoms with Crippen LogP contribution in [0.25, 0.3) is 0 Å². The highest BCUT2D eigenvalue weighted by Gasteiger charge is 2.33. The Kier molecular flexibility index (Phi) is 3.99. The van der Waals surface area contributed by atoms with Crippen LogP contribution in [0.1, 0.15) is 11.1 Å². The average molecular weight is 308 g/mol. The molecule has 0 bridgehead atoms. The Balaban J connectivity index is 2.42. The van der Waals surface area contributed by atoms with Crippen molar-refractivity contribution >= 4 is 5.69 Å². The average Bonchev–Trinajstić information content (AvgIpc) is 2.46. The number of nitro benzene ring substituents is 1. The lowest BCUT2D eigenvalue weighted by Gasteiger charge is -2.10. The number of benzene rings is 2. The molecular formula is C14H7F3N2O3. The van der Waals surface area contributed by atoms with Crippen LogP contribution in [0.2, 0.25) is 0 Å². The molecule has 22 heavy (non-hydrogen) atoms. The lowest BCUT2D eigenvalue weighted by atomic mass is 10.2. The summed E-state index contributed by atoms with van der Waals surface area (Å²) in [6, 6.07) is 9.57. The fourth-order valence-electron chi connectivity index (χ4n) is 1.68. The van der Waals surface area contributed by atoms with Gasteiger partial charge in [-0.25, -0.2) is 0 Å². The number of rotatable bonds is 3. The van der Waals surface area contributed by atoms with Gasteiger partial charge in [-0.2, -0.15) is 18.4 Å². The van der Waals surface area contributed by atoms with Gasteiger partial charge in [-0.3, -0.25) is 10.1 Å². The number of halogens is 3. The lowest BCUT2D eigenvalue weighted by molar-refractivity contribution is -0.385. The van der Waals surface area contributed by atoms with Crippen LogP contribution in [0.4, 0.5) is 18.9 Å². The summed E-state index contributed by atoms with van der Waals surface area (Å²) in [7, 11) is 0. The SMILES string of the molecule is N#Cc1cccc(Oc2ccc(C(F)(F)F)cc2[N+](=O)[O-])c1. The summed E-state index contributed by atoms with van der Waals surface area (Å²) in [5, 5.41) is 19.7. The molecule has 0 aliphatic heterocycles. The summed E-state index contributed by atoms with van der Waals surface area (Å²) < 4.78 is 43.0. The Morgan fingerprint density at radius 1 is 1.18 bits per heavy atom. The van der Waals surface area contributed by atoms with Gasteiger partial charge in [-0.05, 0) is 30.3 Å². The van der Waals surface area contributed by atoms with Gasteiger partial charge in [0.1, 0.15) is 5.75 Å². The van der Waals surface area contributed by atoms with Crippen molar-refractivity contribution in [3.05, 3.63) is 63.7 Å². The molecule has 0 spiro atoms. The highest BCUT2D eigenvalue weighted by Crippen LogP contribution is 2.37. The van der Waals surface area contributed by atoms with Crippen LogP contribution in [-0.4, -0.2) is 4.92 Å². The van der Waals surface area contributed by atoms with E-state index in [1.165, 1.54) is 24.3 Å². The minimum Gasteiger partial charge on any atom is -0.450 e. The van der Waals surface area contributed by atoms with Crippen LogP contribution in [0, 0.1) is 21.4 Å². The van der Waals surface area contributed by atoms with E-state index in [1.54, 1.807) is 0 Å². The lowest BCUT2D eigenvalue weighted by Crippen LogP contribution is -2.06. The molecule has 0 saturated heterocycles. The van der Waals surface area contributed by atoms with Gasteiger partial charge in [0.25, 0.3) is 0 Å². The van der Waals surface area contributed by atoms with E-state index in [-0.39, 0.29) is 17.1 Å². The van der Waals surface area contributed by atoms with Crippen LogP contribution in [0.15, 0.2) is 42.5 Å². The second-order valence-corrected chi connectivity index (χ2v) is 4.18. The second-order valence-electron chi connectivity index (χ2n) is 4.18. The van der Waals surface area contributed by atoms with Gasteiger partial charge >= 0.3 is 11.9 Å². The van der Waals surface area contributed by atoms with Crippen LogP contribution in [-0.2, 0) is 6.18 Å². The molecule has 0 aliphatic rings. The molecule has 0 unspecified atom stereocenters. The molecule has 0 aliphatic carbocycles. The third kappa shape index (κ3) is 3.32. The number of alkyl halides is 3. The fraction of sp³-hybridized carbons (Fsp3) is 0.0714. The monoisotopic (exact) mass is 308 g/mol. The topological polar surface area (TPSA) is 76.2 Å². The molecule has 5 nitrogen and oxygen atoms in total. The first-order valence-corrected chi connectivity index (χ1v) is 5.85. The van der Waals surface area contributed by atoms with Crippen molar-refractivity contribution in [2.24, 2.45) is 0 Å². The van der Waals surface area contributed by atoms with Crippen LogP contribution in [0.5, 0.6) is 11.5 Å². The fourth-order valence-corrected chi connectivity index (χ4v) is 1.68. The van der Waals surface area contributed by atoms with Crippen molar-refractivity contribution in [2.75, 3.05) is 0 Å². The van der Waals surface area contributed by atoms with E-state index in [9.17, 15) is 23.3 Å². The van der Waals surface area contributed by atoms with Crippen LogP contribution >= 0.6 is 0 Å². The summed E-state index contributed by atoms with van der Waals surface area (Å²) in [5.74, 6) is -0.227. The Labute approximate surface area is 122 Å². The van der Waals surface area contributed by atoms with E-state index < -0.39 is 22.4 Å². The normalized spacial score (nSPS) is 10.8. The van der Waals surface area contributed by atoms with E-state index in [4.69, 9.17) is 10.00 Å². The molecule has 0 radical (unpaired) electrons. The molecule has 8 heteroatoms. The number of nitro groups is 1. The van der Waals surface area contributed by atoms with Crippen molar-refractivity contribution < 1.29 is 22.8 Å². The third-order valence-corrected chi connectivity index (χ3v) is 2.67. The van der Waals surface area contributed by atoms with Crippen molar-refractivity contribution in [3.8, 4) is 17.6 Å². The molecule has 0 N–H and O–H groups in total. The highest BCUT2D eigenvalue weighted by atomic mass is 19.4. The molecule has 112 valence electrons.